The molecule has 1 aromatic heterocycles. The van der Waals surface area contributed by atoms with E-state index in [1.54, 1.807) is 13.1 Å². The molecule has 0 aromatic carbocycles. The van der Waals surface area contributed by atoms with Gasteiger partial charge in [0.05, 0.1) is 5.60 Å². The van der Waals surface area contributed by atoms with Crippen LogP contribution in [-0.2, 0) is 11.2 Å². The Morgan fingerprint density at radius 3 is 2.68 bits per heavy atom. The largest absolute Gasteiger partial charge is 0.456 e. The Bertz CT molecular complexity index is 434. The predicted octanol–water partition coefficient (Wildman–Crippen LogP) is 1.46. The average Bonchev–Trinajstić information content (AvgIpc) is 2.86. The minimum Gasteiger partial charge on any atom is -0.456 e. The number of ether oxygens (including phenoxy) is 1. The zero-order valence-electron chi connectivity index (χ0n) is 11.5. The van der Waals surface area contributed by atoms with E-state index in [1.807, 2.05) is 13.0 Å². The van der Waals surface area contributed by atoms with Crippen LogP contribution >= 0.6 is 0 Å². The molecule has 106 valence electrons. The number of hydrogen-bond donors (Lipinski definition) is 1. The lowest BCUT2D eigenvalue weighted by Gasteiger charge is -2.35. The molecular formula is C14H21NO4. The lowest BCUT2D eigenvalue weighted by molar-refractivity contribution is -0.0736. The topological polar surface area (TPSA) is 62.9 Å². The molecule has 0 aliphatic carbocycles. The Morgan fingerprint density at radius 2 is 2.11 bits per heavy atom. The second-order valence-electron chi connectivity index (χ2n) is 5.12. The van der Waals surface area contributed by atoms with Crippen LogP contribution in [0.2, 0.25) is 0 Å². The molecule has 0 atom stereocenters. The third-order valence-electron chi connectivity index (χ3n) is 3.52. The van der Waals surface area contributed by atoms with Crippen molar-refractivity contribution in [2.75, 3.05) is 26.8 Å². The highest BCUT2D eigenvalue weighted by Gasteiger charge is 2.33. The van der Waals surface area contributed by atoms with Crippen molar-refractivity contribution in [2.45, 2.75) is 31.8 Å². The molecule has 2 rings (SSSR count). The minimum atomic E-state index is -0.844. The minimum absolute atomic E-state index is 0.195. The lowest BCUT2D eigenvalue weighted by atomic mass is 9.94. The number of carbonyl (C=O) groups is 1. The first-order valence-electron chi connectivity index (χ1n) is 6.68. The molecule has 0 saturated carbocycles. The van der Waals surface area contributed by atoms with Crippen LogP contribution in [0.4, 0.5) is 0 Å². The maximum Gasteiger partial charge on any atom is 0.289 e. The summed E-state index contributed by atoms with van der Waals surface area (Å²) in [7, 11) is 1.68. The summed E-state index contributed by atoms with van der Waals surface area (Å²) < 4.78 is 10.7. The summed E-state index contributed by atoms with van der Waals surface area (Å²) in [5.41, 5.74) is -0.844. The molecule has 1 aromatic rings. The first kappa shape index (κ1) is 14.1. The van der Waals surface area contributed by atoms with Crippen molar-refractivity contribution in [3.63, 3.8) is 0 Å². The van der Waals surface area contributed by atoms with Crippen molar-refractivity contribution in [1.29, 1.82) is 0 Å². The Balaban J connectivity index is 1.98. The molecule has 0 radical (unpaired) electrons. The molecule has 1 aliphatic rings. The van der Waals surface area contributed by atoms with Gasteiger partial charge in [-0.1, -0.05) is 6.92 Å². The van der Waals surface area contributed by atoms with Crippen LogP contribution in [0.5, 0.6) is 0 Å². The number of nitrogens with zero attached hydrogens (tertiary/aromatic N) is 1. The molecule has 1 fully saturated rings. The molecule has 1 saturated heterocycles. The van der Waals surface area contributed by atoms with Gasteiger partial charge in [-0.2, -0.15) is 0 Å². The van der Waals surface area contributed by atoms with Gasteiger partial charge in [-0.15, -0.1) is 0 Å². The number of aryl methyl sites for hydroxylation is 1. The first-order chi connectivity index (χ1) is 9.04. The monoisotopic (exact) mass is 267 g/mol. The zero-order valence-corrected chi connectivity index (χ0v) is 11.5. The van der Waals surface area contributed by atoms with E-state index in [-0.39, 0.29) is 5.91 Å². The third-order valence-corrected chi connectivity index (χ3v) is 3.52. The van der Waals surface area contributed by atoms with Crippen molar-refractivity contribution in [3.8, 4) is 0 Å². The van der Waals surface area contributed by atoms with E-state index in [2.05, 4.69) is 0 Å². The quantitative estimate of drug-likeness (QED) is 0.897. The van der Waals surface area contributed by atoms with Crippen LogP contribution < -0.4 is 0 Å². The maximum absolute atomic E-state index is 12.2. The Labute approximate surface area is 113 Å². The van der Waals surface area contributed by atoms with E-state index in [4.69, 9.17) is 9.15 Å². The van der Waals surface area contributed by atoms with Gasteiger partial charge >= 0.3 is 0 Å². The summed E-state index contributed by atoms with van der Waals surface area (Å²) in [4.78, 5) is 13.7. The van der Waals surface area contributed by atoms with Crippen molar-refractivity contribution < 1.29 is 19.1 Å². The summed E-state index contributed by atoms with van der Waals surface area (Å²) >= 11 is 0. The average molecular weight is 267 g/mol. The maximum atomic E-state index is 12.2. The second-order valence-corrected chi connectivity index (χ2v) is 5.12. The fourth-order valence-corrected chi connectivity index (χ4v) is 2.29. The molecule has 1 amide bonds. The van der Waals surface area contributed by atoms with Crippen LogP contribution in [-0.4, -0.2) is 48.3 Å². The van der Waals surface area contributed by atoms with Crippen LogP contribution in [0, 0.1) is 0 Å². The Morgan fingerprint density at radius 1 is 1.42 bits per heavy atom. The summed E-state index contributed by atoms with van der Waals surface area (Å²) in [6, 6.07) is 3.50. The summed E-state index contributed by atoms with van der Waals surface area (Å²) in [6.45, 7) is 3.36. The van der Waals surface area contributed by atoms with Gasteiger partial charge < -0.3 is 19.2 Å². The van der Waals surface area contributed by atoms with Gasteiger partial charge in [0.2, 0.25) is 0 Å². The highest BCUT2D eigenvalue weighted by molar-refractivity contribution is 5.91. The van der Waals surface area contributed by atoms with Gasteiger partial charge in [-0.05, 0) is 12.1 Å². The summed E-state index contributed by atoms with van der Waals surface area (Å²) in [5, 5.41) is 10.4. The molecule has 0 spiro atoms. The summed E-state index contributed by atoms with van der Waals surface area (Å²) in [6.07, 6.45) is 1.88. The zero-order chi connectivity index (χ0) is 13.9. The normalized spacial score (nSPS) is 18.3. The fraction of sp³-hybridized carbons (Fsp3) is 0.643. The third kappa shape index (κ3) is 3.36. The van der Waals surface area contributed by atoms with E-state index in [0.717, 1.165) is 12.2 Å². The van der Waals surface area contributed by atoms with Crippen LogP contribution in [0.25, 0.3) is 0 Å². The molecular weight excluding hydrogens is 246 g/mol. The first-order valence-corrected chi connectivity index (χ1v) is 6.68. The molecule has 1 aliphatic heterocycles. The Kier molecular flexibility index (Phi) is 4.27. The number of hydrogen-bond acceptors (Lipinski definition) is 4. The van der Waals surface area contributed by atoms with Crippen molar-refractivity contribution >= 4 is 5.91 Å². The van der Waals surface area contributed by atoms with Crippen molar-refractivity contribution in [3.05, 3.63) is 23.7 Å². The molecule has 5 heteroatoms. The van der Waals surface area contributed by atoms with Crippen molar-refractivity contribution in [2.24, 2.45) is 0 Å². The molecule has 5 nitrogen and oxygen atoms in total. The number of amides is 1. The number of carbonyl (C=O) groups excluding carboxylic acids is 1. The summed E-state index contributed by atoms with van der Waals surface area (Å²) in [5.74, 6) is 0.927. The van der Waals surface area contributed by atoms with Crippen LogP contribution in [0.3, 0.4) is 0 Å². The molecule has 1 N–H and O–H groups in total. The smallest absolute Gasteiger partial charge is 0.289 e. The highest BCUT2D eigenvalue weighted by Crippen LogP contribution is 2.22. The Hall–Kier alpha value is -1.33. The van der Waals surface area contributed by atoms with E-state index in [0.29, 0.717) is 38.4 Å². The van der Waals surface area contributed by atoms with Gasteiger partial charge in [0, 0.05) is 46.1 Å². The molecule has 2 heterocycles. The standard InChI is InChI=1S/C14H21NO4/c1-3-11-4-5-12(19-11)13(16)15(2)10-14(17)6-8-18-9-7-14/h4-5,17H,3,6-10H2,1-2H3. The molecule has 0 bridgehead atoms. The lowest BCUT2D eigenvalue weighted by Crippen LogP contribution is -2.47. The van der Waals surface area contributed by atoms with Gasteiger partial charge in [0.25, 0.3) is 5.91 Å². The van der Waals surface area contributed by atoms with Gasteiger partial charge in [-0.25, -0.2) is 0 Å². The molecule has 0 unspecified atom stereocenters. The number of rotatable bonds is 4. The van der Waals surface area contributed by atoms with Gasteiger partial charge in [0.15, 0.2) is 5.76 Å². The van der Waals surface area contributed by atoms with E-state index in [1.165, 1.54) is 4.90 Å². The van der Waals surface area contributed by atoms with Gasteiger partial charge in [0.1, 0.15) is 5.76 Å². The van der Waals surface area contributed by atoms with Crippen molar-refractivity contribution in [1.82, 2.24) is 4.90 Å². The number of furan rings is 1. The fourth-order valence-electron chi connectivity index (χ4n) is 2.29. The van der Waals surface area contributed by atoms with Gasteiger partial charge in [-0.3, -0.25) is 4.79 Å². The van der Waals surface area contributed by atoms with E-state index in [9.17, 15) is 9.90 Å². The number of likely N-dealkylation sites (N-methyl/N-ethyl adjacent to an activating group) is 1. The number of aliphatic hydroxyl groups is 1. The highest BCUT2D eigenvalue weighted by atomic mass is 16.5. The van der Waals surface area contributed by atoms with E-state index < -0.39 is 5.60 Å². The second kappa shape index (κ2) is 5.75. The van der Waals surface area contributed by atoms with Crippen LogP contribution in [0.1, 0.15) is 36.1 Å². The van der Waals surface area contributed by atoms with E-state index >= 15 is 0 Å². The molecule has 19 heavy (non-hydrogen) atoms. The van der Waals surface area contributed by atoms with Crippen LogP contribution in [0.15, 0.2) is 16.5 Å². The SMILES string of the molecule is CCc1ccc(C(=O)N(C)CC2(O)CCOCC2)o1. The predicted molar refractivity (Wildman–Crippen MR) is 70.0 cm³/mol.